The van der Waals surface area contributed by atoms with Crippen LogP contribution in [0, 0.1) is 5.92 Å². The SMILES string of the molecule is O=C(CN1CCC(Cc2ccccc2)CC1)N1CCCc2c1c(=O)oc1ccc(O)cc21. The topological polar surface area (TPSA) is 74.0 Å². The number of amides is 1. The lowest BCUT2D eigenvalue weighted by molar-refractivity contribution is -0.120. The van der Waals surface area contributed by atoms with Gasteiger partial charge in [-0.25, -0.2) is 4.79 Å². The number of hydrogen-bond donors (Lipinski definition) is 1. The molecule has 1 saturated heterocycles. The van der Waals surface area contributed by atoms with E-state index in [2.05, 4.69) is 29.2 Å². The lowest BCUT2D eigenvalue weighted by Gasteiger charge is -2.34. The van der Waals surface area contributed by atoms with Gasteiger partial charge < -0.3 is 14.4 Å². The van der Waals surface area contributed by atoms with Crippen molar-refractivity contribution in [3.8, 4) is 5.75 Å². The van der Waals surface area contributed by atoms with Crippen LogP contribution in [0.3, 0.4) is 0 Å². The molecule has 2 aliphatic heterocycles. The molecule has 166 valence electrons. The van der Waals surface area contributed by atoms with Crippen LogP contribution >= 0.6 is 0 Å². The average Bonchev–Trinajstić information content (AvgIpc) is 2.81. The molecule has 3 heterocycles. The zero-order valence-corrected chi connectivity index (χ0v) is 18.1. The first-order valence-corrected chi connectivity index (χ1v) is 11.4. The van der Waals surface area contributed by atoms with Gasteiger partial charge >= 0.3 is 5.63 Å². The van der Waals surface area contributed by atoms with Crippen LogP contribution in [0.25, 0.3) is 11.0 Å². The van der Waals surface area contributed by atoms with E-state index in [-0.39, 0.29) is 11.7 Å². The third-order valence-corrected chi connectivity index (χ3v) is 6.78. The highest BCUT2D eigenvalue weighted by molar-refractivity contribution is 5.98. The zero-order chi connectivity index (χ0) is 22.1. The minimum Gasteiger partial charge on any atom is -0.508 e. The molecule has 0 spiro atoms. The van der Waals surface area contributed by atoms with Crippen LogP contribution in [0.2, 0.25) is 0 Å². The molecule has 1 aromatic heterocycles. The van der Waals surface area contributed by atoms with Crippen molar-refractivity contribution in [1.82, 2.24) is 4.90 Å². The van der Waals surface area contributed by atoms with Crippen LogP contribution in [0.5, 0.6) is 5.75 Å². The first-order valence-electron chi connectivity index (χ1n) is 11.4. The first kappa shape index (κ1) is 20.8. The largest absolute Gasteiger partial charge is 0.508 e. The van der Waals surface area contributed by atoms with Crippen molar-refractivity contribution in [2.45, 2.75) is 32.1 Å². The van der Waals surface area contributed by atoms with E-state index in [1.807, 2.05) is 6.07 Å². The van der Waals surface area contributed by atoms with Crippen molar-refractivity contribution in [3.05, 3.63) is 70.1 Å². The molecule has 0 atom stereocenters. The van der Waals surface area contributed by atoms with Gasteiger partial charge in [0, 0.05) is 11.9 Å². The molecule has 1 amide bonds. The van der Waals surface area contributed by atoms with Gasteiger partial charge in [0.1, 0.15) is 17.0 Å². The van der Waals surface area contributed by atoms with Gasteiger partial charge in [0.25, 0.3) is 0 Å². The molecule has 0 radical (unpaired) electrons. The molecule has 0 unspecified atom stereocenters. The Kier molecular flexibility index (Phi) is 5.70. The number of anilines is 1. The van der Waals surface area contributed by atoms with Crippen molar-refractivity contribution in [2.75, 3.05) is 31.1 Å². The van der Waals surface area contributed by atoms with E-state index in [4.69, 9.17) is 4.42 Å². The van der Waals surface area contributed by atoms with Gasteiger partial charge in [-0.3, -0.25) is 9.69 Å². The number of carbonyl (C=O) groups is 1. The smallest absolute Gasteiger partial charge is 0.360 e. The van der Waals surface area contributed by atoms with E-state index in [9.17, 15) is 14.7 Å². The van der Waals surface area contributed by atoms with Gasteiger partial charge in [-0.2, -0.15) is 0 Å². The molecule has 1 N–H and O–H groups in total. The predicted molar refractivity (Wildman–Crippen MR) is 124 cm³/mol. The van der Waals surface area contributed by atoms with Crippen LogP contribution in [0.15, 0.2) is 57.7 Å². The molecular formula is C26H28N2O4. The number of piperidine rings is 1. The van der Waals surface area contributed by atoms with Crippen LogP contribution < -0.4 is 10.5 Å². The second kappa shape index (κ2) is 8.79. The molecule has 5 rings (SSSR count). The summed E-state index contributed by atoms with van der Waals surface area (Å²) in [5.41, 5.74) is 2.48. The van der Waals surface area contributed by atoms with Crippen molar-refractivity contribution in [2.24, 2.45) is 5.92 Å². The van der Waals surface area contributed by atoms with E-state index >= 15 is 0 Å². The number of carbonyl (C=O) groups excluding carboxylic acids is 1. The van der Waals surface area contributed by atoms with Crippen molar-refractivity contribution < 1.29 is 14.3 Å². The molecule has 0 bridgehead atoms. The molecule has 0 saturated carbocycles. The Morgan fingerprint density at radius 2 is 1.84 bits per heavy atom. The minimum atomic E-state index is -0.479. The van der Waals surface area contributed by atoms with Crippen molar-refractivity contribution in [1.29, 1.82) is 0 Å². The Morgan fingerprint density at radius 3 is 2.62 bits per heavy atom. The number of hydrogen-bond acceptors (Lipinski definition) is 5. The minimum absolute atomic E-state index is 0.0562. The maximum Gasteiger partial charge on any atom is 0.360 e. The number of nitrogens with zero attached hydrogens (tertiary/aromatic N) is 2. The summed E-state index contributed by atoms with van der Waals surface area (Å²) in [4.78, 5) is 29.8. The first-order chi connectivity index (χ1) is 15.6. The van der Waals surface area contributed by atoms with E-state index < -0.39 is 5.63 Å². The Balaban J connectivity index is 1.28. The maximum atomic E-state index is 13.2. The van der Waals surface area contributed by atoms with Crippen LogP contribution in [-0.2, 0) is 17.6 Å². The Morgan fingerprint density at radius 1 is 1.06 bits per heavy atom. The normalized spacial score (nSPS) is 17.4. The number of benzene rings is 2. The fraction of sp³-hybridized carbons (Fsp3) is 0.385. The van der Waals surface area contributed by atoms with Crippen molar-refractivity contribution >= 4 is 22.6 Å². The summed E-state index contributed by atoms with van der Waals surface area (Å²) in [5.74, 6) is 0.709. The Bertz CT molecular complexity index is 1180. The molecule has 2 aliphatic rings. The van der Waals surface area contributed by atoms with Gasteiger partial charge in [-0.15, -0.1) is 0 Å². The average molecular weight is 433 g/mol. The number of aromatic hydroxyl groups is 1. The standard InChI is InChI=1S/C26H28N2O4/c29-20-8-9-23-22(16-20)21-7-4-12-28(25(21)26(31)32-23)24(30)17-27-13-10-19(11-14-27)15-18-5-2-1-3-6-18/h1-3,5-6,8-9,16,19,29H,4,7,10-15,17H2. The molecule has 2 aromatic carbocycles. The number of phenolic OH excluding ortho intramolecular Hbond substituents is 1. The summed E-state index contributed by atoms with van der Waals surface area (Å²) in [7, 11) is 0. The summed E-state index contributed by atoms with van der Waals surface area (Å²) in [6.07, 6.45) is 4.71. The van der Waals surface area contributed by atoms with E-state index in [1.165, 1.54) is 11.6 Å². The molecule has 0 aliphatic carbocycles. The van der Waals surface area contributed by atoms with Gasteiger partial charge in [0.2, 0.25) is 5.91 Å². The summed E-state index contributed by atoms with van der Waals surface area (Å²) in [6, 6.07) is 15.3. The Labute approximate surface area is 187 Å². The number of rotatable bonds is 4. The number of fused-ring (bicyclic) bond motifs is 3. The number of aryl methyl sites for hydroxylation is 1. The third kappa shape index (κ3) is 4.15. The highest BCUT2D eigenvalue weighted by Crippen LogP contribution is 2.32. The van der Waals surface area contributed by atoms with Gasteiger partial charge in [-0.1, -0.05) is 30.3 Å². The van der Waals surface area contributed by atoms with Crippen molar-refractivity contribution in [3.63, 3.8) is 0 Å². The zero-order valence-electron chi connectivity index (χ0n) is 18.1. The second-order valence-electron chi connectivity index (χ2n) is 8.96. The number of likely N-dealkylation sites (tertiary alicyclic amines) is 1. The van der Waals surface area contributed by atoms with Crippen LogP contribution in [-0.4, -0.2) is 42.1 Å². The lowest BCUT2D eigenvalue weighted by Crippen LogP contribution is -2.46. The van der Waals surface area contributed by atoms with Gasteiger partial charge in [0.05, 0.1) is 6.54 Å². The summed E-state index contributed by atoms with van der Waals surface area (Å²) in [5, 5.41) is 10.6. The molecule has 32 heavy (non-hydrogen) atoms. The van der Waals surface area contributed by atoms with E-state index in [0.717, 1.165) is 44.3 Å². The fourth-order valence-electron chi connectivity index (χ4n) is 5.12. The lowest BCUT2D eigenvalue weighted by atomic mass is 9.90. The molecule has 3 aromatic rings. The fourth-order valence-corrected chi connectivity index (χ4v) is 5.12. The van der Waals surface area contributed by atoms with Crippen LogP contribution in [0.1, 0.15) is 30.4 Å². The summed E-state index contributed by atoms with van der Waals surface area (Å²) in [6.45, 7) is 2.62. The molecular weight excluding hydrogens is 404 g/mol. The monoisotopic (exact) mass is 432 g/mol. The maximum absolute atomic E-state index is 13.2. The van der Waals surface area contributed by atoms with Gasteiger partial charge in [-0.05, 0) is 80.4 Å². The van der Waals surface area contributed by atoms with Gasteiger partial charge in [0.15, 0.2) is 0 Å². The summed E-state index contributed by atoms with van der Waals surface area (Å²) < 4.78 is 5.48. The molecule has 6 nitrogen and oxygen atoms in total. The highest BCUT2D eigenvalue weighted by atomic mass is 16.4. The molecule has 1 fully saturated rings. The highest BCUT2D eigenvalue weighted by Gasteiger charge is 2.30. The Hall–Kier alpha value is -3.12. The van der Waals surface area contributed by atoms with E-state index in [0.29, 0.717) is 42.1 Å². The summed E-state index contributed by atoms with van der Waals surface area (Å²) >= 11 is 0. The second-order valence-corrected chi connectivity index (χ2v) is 8.96. The number of phenols is 1. The molecule has 6 heteroatoms. The quantitative estimate of drug-likeness (QED) is 0.636. The third-order valence-electron chi connectivity index (χ3n) is 6.78. The van der Waals surface area contributed by atoms with Crippen LogP contribution in [0.4, 0.5) is 5.69 Å². The van der Waals surface area contributed by atoms with E-state index in [1.54, 1.807) is 17.0 Å². The predicted octanol–water partition coefficient (Wildman–Crippen LogP) is 3.73.